The Labute approximate surface area is 140 Å². The van der Waals surface area contributed by atoms with E-state index >= 15 is 0 Å². The Kier molecular flexibility index (Phi) is 3.28. The summed E-state index contributed by atoms with van der Waals surface area (Å²) in [5.74, 6) is 0.809. The van der Waals surface area contributed by atoms with Crippen LogP contribution in [0, 0.1) is 0 Å². The minimum Gasteiger partial charge on any atom is -0.366 e. The van der Waals surface area contributed by atoms with E-state index in [0.717, 1.165) is 9.75 Å². The van der Waals surface area contributed by atoms with Gasteiger partial charge in [-0.2, -0.15) is 4.98 Å². The average Bonchev–Trinajstić information content (AvgIpc) is 3.25. The van der Waals surface area contributed by atoms with Crippen LogP contribution >= 0.6 is 22.7 Å². The minimum atomic E-state index is -0.452. The molecular formula is C15H13N5OS2. The third kappa shape index (κ3) is 2.27. The predicted octanol–water partition coefficient (Wildman–Crippen LogP) is 2.84. The molecule has 0 bridgehead atoms. The molecule has 0 aromatic carbocycles. The van der Waals surface area contributed by atoms with Crippen molar-refractivity contribution in [2.75, 3.05) is 5.32 Å². The van der Waals surface area contributed by atoms with Gasteiger partial charge >= 0.3 is 0 Å². The highest BCUT2D eigenvalue weighted by Gasteiger charge is 2.33. The maximum Gasteiger partial charge on any atom is 0.248 e. The number of carbonyl (C=O) groups excluding carboxylic acids is 1. The van der Waals surface area contributed by atoms with Crippen molar-refractivity contribution in [3.63, 3.8) is 0 Å². The quantitative estimate of drug-likeness (QED) is 0.766. The summed E-state index contributed by atoms with van der Waals surface area (Å²) in [5.41, 5.74) is 6.85. The van der Waals surface area contributed by atoms with Crippen LogP contribution in [-0.4, -0.2) is 20.7 Å². The van der Waals surface area contributed by atoms with E-state index in [-0.39, 0.29) is 6.04 Å². The molecule has 0 fully saturated rings. The molecule has 0 radical (unpaired) electrons. The summed E-state index contributed by atoms with van der Waals surface area (Å²) in [6.07, 6.45) is 0. The van der Waals surface area contributed by atoms with Gasteiger partial charge in [-0.1, -0.05) is 12.1 Å². The molecule has 4 heterocycles. The SMILES string of the molecule is CC1=C(C(N)=O)C(c2cccs2)n2nc(-c3cccs3)nc2N1. The maximum absolute atomic E-state index is 12.0. The van der Waals surface area contributed by atoms with Crippen molar-refractivity contribution < 1.29 is 4.79 Å². The maximum atomic E-state index is 12.0. The number of allylic oxidation sites excluding steroid dienone is 1. The largest absolute Gasteiger partial charge is 0.366 e. The first kappa shape index (κ1) is 14.2. The Morgan fingerprint density at radius 2 is 2.09 bits per heavy atom. The van der Waals surface area contributed by atoms with Crippen LogP contribution < -0.4 is 11.1 Å². The van der Waals surface area contributed by atoms with E-state index in [1.807, 2.05) is 41.9 Å². The van der Waals surface area contributed by atoms with Crippen LogP contribution in [-0.2, 0) is 4.79 Å². The van der Waals surface area contributed by atoms with Gasteiger partial charge in [0.1, 0.15) is 6.04 Å². The molecule has 0 saturated heterocycles. The van der Waals surface area contributed by atoms with E-state index in [9.17, 15) is 4.79 Å². The lowest BCUT2D eigenvalue weighted by Gasteiger charge is -2.26. The van der Waals surface area contributed by atoms with Gasteiger partial charge in [-0.05, 0) is 29.8 Å². The molecule has 3 N–H and O–H groups in total. The van der Waals surface area contributed by atoms with Gasteiger partial charge in [-0.3, -0.25) is 4.79 Å². The molecule has 3 aromatic heterocycles. The summed E-state index contributed by atoms with van der Waals surface area (Å²) in [5, 5.41) is 11.7. The van der Waals surface area contributed by atoms with E-state index < -0.39 is 5.91 Å². The molecule has 6 nitrogen and oxygen atoms in total. The lowest BCUT2D eigenvalue weighted by molar-refractivity contribution is -0.115. The van der Waals surface area contributed by atoms with Crippen LogP contribution in [0.15, 0.2) is 46.3 Å². The highest BCUT2D eigenvalue weighted by molar-refractivity contribution is 7.13. The van der Waals surface area contributed by atoms with Gasteiger partial charge in [0.2, 0.25) is 11.9 Å². The molecular weight excluding hydrogens is 330 g/mol. The minimum absolute atomic E-state index is 0.343. The van der Waals surface area contributed by atoms with Crippen LogP contribution in [0.1, 0.15) is 17.8 Å². The molecule has 4 rings (SSSR count). The molecule has 1 aliphatic heterocycles. The van der Waals surface area contributed by atoms with Crippen molar-refractivity contribution in [3.8, 4) is 10.7 Å². The predicted molar refractivity (Wildman–Crippen MR) is 91.3 cm³/mol. The zero-order chi connectivity index (χ0) is 16.0. The number of primary amides is 1. The van der Waals surface area contributed by atoms with Gasteiger partial charge in [0.25, 0.3) is 0 Å². The van der Waals surface area contributed by atoms with Crippen LogP contribution in [0.3, 0.4) is 0 Å². The van der Waals surface area contributed by atoms with Gasteiger partial charge in [-0.15, -0.1) is 27.8 Å². The van der Waals surface area contributed by atoms with Gasteiger partial charge in [0.15, 0.2) is 5.82 Å². The fourth-order valence-corrected chi connectivity index (χ4v) is 4.16. The number of carbonyl (C=O) groups is 1. The Balaban J connectivity index is 1.89. The van der Waals surface area contributed by atoms with E-state index in [1.165, 1.54) is 0 Å². The number of thiophene rings is 2. The summed E-state index contributed by atoms with van der Waals surface area (Å²) in [7, 11) is 0. The first-order valence-electron chi connectivity index (χ1n) is 6.96. The van der Waals surface area contributed by atoms with Crippen LogP contribution in [0.25, 0.3) is 10.7 Å². The fourth-order valence-electron chi connectivity index (χ4n) is 2.69. The second kappa shape index (κ2) is 5.32. The Morgan fingerprint density at radius 3 is 2.74 bits per heavy atom. The second-order valence-electron chi connectivity index (χ2n) is 5.13. The molecule has 1 atom stereocenters. The Bertz CT molecular complexity index is 893. The van der Waals surface area contributed by atoms with Gasteiger partial charge in [-0.25, -0.2) is 4.68 Å². The van der Waals surface area contributed by atoms with Gasteiger partial charge in [0, 0.05) is 10.6 Å². The number of nitrogens with one attached hydrogen (secondary N) is 1. The van der Waals surface area contributed by atoms with Crippen molar-refractivity contribution >= 4 is 34.5 Å². The zero-order valence-electron chi connectivity index (χ0n) is 12.2. The van der Waals surface area contributed by atoms with Crippen molar-refractivity contribution in [3.05, 3.63) is 51.2 Å². The standard InChI is InChI=1S/C15H13N5OS2/c1-8-11(13(16)21)12(9-4-2-6-22-9)20-15(17-8)18-14(19-20)10-5-3-7-23-10/h2-7,12H,1H3,(H2,16,21)(H,17,18,19). The first-order chi connectivity index (χ1) is 11.1. The topological polar surface area (TPSA) is 85.8 Å². The molecule has 23 heavy (non-hydrogen) atoms. The van der Waals surface area contributed by atoms with E-state index in [0.29, 0.717) is 23.0 Å². The Morgan fingerprint density at radius 1 is 1.30 bits per heavy atom. The van der Waals surface area contributed by atoms with E-state index in [2.05, 4.69) is 15.4 Å². The number of anilines is 1. The summed E-state index contributed by atoms with van der Waals surface area (Å²) >= 11 is 3.14. The number of nitrogens with two attached hydrogens (primary N) is 1. The second-order valence-corrected chi connectivity index (χ2v) is 7.05. The number of amides is 1. The number of fused-ring (bicyclic) bond motifs is 1. The molecule has 116 valence electrons. The number of rotatable bonds is 3. The lowest BCUT2D eigenvalue weighted by atomic mass is 10.0. The highest BCUT2D eigenvalue weighted by atomic mass is 32.1. The molecule has 1 amide bonds. The zero-order valence-corrected chi connectivity index (χ0v) is 13.8. The summed E-state index contributed by atoms with van der Waals surface area (Å²) in [6.45, 7) is 1.84. The summed E-state index contributed by atoms with van der Waals surface area (Å²) in [4.78, 5) is 18.5. The van der Waals surface area contributed by atoms with Crippen molar-refractivity contribution in [2.45, 2.75) is 13.0 Å². The number of hydrogen-bond donors (Lipinski definition) is 2. The molecule has 1 unspecified atom stereocenters. The van der Waals surface area contributed by atoms with Crippen LogP contribution in [0.2, 0.25) is 0 Å². The molecule has 3 aromatic rings. The third-order valence-electron chi connectivity index (χ3n) is 3.67. The van der Waals surface area contributed by atoms with E-state index in [4.69, 9.17) is 5.73 Å². The first-order valence-corrected chi connectivity index (χ1v) is 8.72. The monoisotopic (exact) mass is 343 g/mol. The van der Waals surface area contributed by atoms with Gasteiger partial charge < -0.3 is 11.1 Å². The van der Waals surface area contributed by atoms with Crippen molar-refractivity contribution in [1.29, 1.82) is 0 Å². The summed E-state index contributed by atoms with van der Waals surface area (Å²) in [6, 6.07) is 7.52. The number of hydrogen-bond acceptors (Lipinski definition) is 6. The molecule has 1 aliphatic rings. The Hall–Kier alpha value is -2.45. The molecule has 0 aliphatic carbocycles. The molecule has 0 saturated carbocycles. The van der Waals surface area contributed by atoms with Crippen LogP contribution in [0.4, 0.5) is 5.95 Å². The molecule has 0 spiro atoms. The fraction of sp³-hybridized carbons (Fsp3) is 0.133. The summed E-state index contributed by atoms with van der Waals surface area (Å²) < 4.78 is 1.74. The van der Waals surface area contributed by atoms with E-state index in [1.54, 1.807) is 27.4 Å². The third-order valence-corrected chi connectivity index (χ3v) is 5.46. The number of aromatic nitrogens is 3. The normalized spacial score (nSPS) is 17.0. The lowest BCUT2D eigenvalue weighted by Crippen LogP contribution is -2.31. The number of nitrogens with zero attached hydrogens (tertiary/aromatic N) is 3. The smallest absolute Gasteiger partial charge is 0.248 e. The molecule has 8 heteroatoms. The van der Waals surface area contributed by atoms with Crippen molar-refractivity contribution in [2.24, 2.45) is 5.73 Å². The van der Waals surface area contributed by atoms with Crippen LogP contribution in [0.5, 0.6) is 0 Å². The van der Waals surface area contributed by atoms with Gasteiger partial charge in [0.05, 0.1) is 10.5 Å². The average molecular weight is 343 g/mol. The van der Waals surface area contributed by atoms with Crippen molar-refractivity contribution in [1.82, 2.24) is 14.8 Å². The highest BCUT2D eigenvalue weighted by Crippen LogP contribution is 2.38.